The number of likely N-dealkylation sites (N-methyl/N-ethyl adjacent to an activating group) is 1. The fraction of sp³-hybridized carbons (Fsp3) is 0.500. The fourth-order valence-electron chi connectivity index (χ4n) is 1.90. The lowest BCUT2D eigenvalue weighted by Gasteiger charge is -2.21. The van der Waals surface area contributed by atoms with E-state index in [1.165, 1.54) is 49.4 Å². The molecule has 0 aliphatic carbocycles. The second kappa shape index (κ2) is 8.16. The van der Waals surface area contributed by atoms with Crippen LogP contribution in [0.2, 0.25) is 5.02 Å². The minimum absolute atomic E-state index is 0.0423. The van der Waals surface area contributed by atoms with Gasteiger partial charge in [0.2, 0.25) is 10.0 Å². The first-order valence-electron chi connectivity index (χ1n) is 7.59. The van der Waals surface area contributed by atoms with Crippen LogP contribution in [0.1, 0.15) is 31.1 Å². The third-order valence-corrected chi connectivity index (χ3v) is 5.99. The van der Waals surface area contributed by atoms with E-state index in [9.17, 15) is 18.0 Å². The van der Waals surface area contributed by atoms with Crippen LogP contribution in [0.3, 0.4) is 0 Å². The summed E-state index contributed by atoms with van der Waals surface area (Å²) in [5.41, 5.74) is -0.113. The molecule has 1 aromatic rings. The van der Waals surface area contributed by atoms with Gasteiger partial charge in [-0.25, -0.2) is 13.2 Å². The van der Waals surface area contributed by atoms with E-state index in [2.05, 4.69) is 0 Å². The molecule has 0 fully saturated rings. The highest BCUT2D eigenvalue weighted by Crippen LogP contribution is 2.24. The number of benzene rings is 1. The average molecular weight is 391 g/mol. The van der Waals surface area contributed by atoms with Crippen molar-refractivity contribution in [3.05, 3.63) is 28.8 Å². The molecule has 0 unspecified atom stereocenters. The van der Waals surface area contributed by atoms with Crippen molar-refractivity contribution in [1.82, 2.24) is 9.21 Å². The van der Waals surface area contributed by atoms with E-state index in [4.69, 9.17) is 16.3 Å². The van der Waals surface area contributed by atoms with Crippen molar-refractivity contribution in [3.63, 3.8) is 0 Å². The smallest absolute Gasteiger partial charge is 0.340 e. The maximum Gasteiger partial charge on any atom is 0.340 e. The molecule has 0 aromatic heterocycles. The first-order chi connectivity index (χ1) is 11.4. The van der Waals surface area contributed by atoms with Gasteiger partial charge in [-0.05, 0) is 39.0 Å². The largest absolute Gasteiger partial charge is 0.449 e. The van der Waals surface area contributed by atoms with Gasteiger partial charge < -0.3 is 9.64 Å². The SMILES string of the molecule is CC(C)N(C)S(=O)(=O)c1ccc(Cl)c(C(=O)O[C@H](C)C(=O)N(C)C)c1. The van der Waals surface area contributed by atoms with E-state index in [0.29, 0.717) is 0 Å². The predicted octanol–water partition coefficient (Wildman–Crippen LogP) is 2.00. The van der Waals surface area contributed by atoms with Crippen molar-refractivity contribution >= 4 is 33.5 Å². The Balaban J connectivity index is 3.18. The molecule has 0 bridgehead atoms. The molecule has 25 heavy (non-hydrogen) atoms. The fourth-order valence-corrected chi connectivity index (χ4v) is 3.49. The van der Waals surface area contributed by atoms with Crippen molar-refractivity contribution in [2.24, 2.45) is 0 Å². The number of ether oxygens (including phenoxy) is 1. The van der Waals surface area contributed by atoms with Crippen LogP contribution in [0.4, 0.5) is 0 Å². The molecule has 0 saturated carbocycles. The molecule has 0 heterocycles. The lowest BCUT2D eigenvalue weighted by Crippen LogP contribution is -2.35. The molecule has 0 N–H and O–H groups in total. The zero-order valence-corrected chi connectivity index (χ0v) is 16.7. The van der Waals surface area contributed by atoms with E-state index < -0.39 is 28.0 Å². The lowest BCUT2D eigenvalue weighted by molar-refractivity contribution is -0.137. The summed E-state index contributed by atoms with van der Waals surface area (Å²) < 4.78 is 31.4. The third kappa shape index (κ3) is 4.93. The van der Waals surface area contributed by atoms with Crippen molar-refractivity contribution in [1.29, 1.82) is 0 Å². The number of sulfonamides is 1. The second-order valence-corrected chi connectivity index (χ2v) is 8.44. The maximum absolute atomic E-state index is 12.5. The molecule has 0 spiro atoms. The molecule has 1 atom stereocenters. The van der Waals surface area contributed by atoms with Gasteiger partial charge in [0, 0.05) is 27.2 Å². The molecule has 140 valence electrons. The number of hydrogen-bond acceptors (Lipinski definition) is 5. The van der Waals surface area contributed by atoms with Gasteiger partial charge in [-0.15, -0.1) is 0 Å². The molecule has 0 saturated heterocycles. The molecule has 0 radical (unpaired) electrons. The number of hydrogen-bond donors (Lipinski definition) is 0. The Morgan fingerprint density at radius 3 is 2.16 bits per heavy atom. The Labute approximate surface area is 153 Å². The molecule has 0 aliphatic heterocycles. The lowest BCUT2D eigenvalue weighted by atomic mass is 10.2. The third-order valence-electron chi connectivity index (χ3n) is 3.63. The van der Waals surface area contributed by atoms with E-state index in [1.54, 1.807) is 13.8 Å². The first kappa shape index (κ1) is 21.4. The van der Waals surface area contributed by atoms with Crippen LogP contribution < -0.4 is 0 Å². The molecule has 1 aromatic carbocycles. The summed E-state index contributed by atoms with van der Waals surface area (Å²) >= 11 is 6.00. The summed E-state index contributed by atoms with van der Waals surface area (Å²) in [6.45, 7) is 4.90. The van der Waals surface area contributed by atoms with E-state index in [-0.39, 0.29) is 21.5 Å². The Kier molecular flexibility index (Phi) is 6.99. The van der Waals surface area contributed by atoms with Gasteiger partial charge in [0.1, 0.15) is 0 Å². The van der Waals surface area contributed by atoms with Crippen molar-refractivity contribution in [2.45, 2.75) is 37.8 Å². The topological polar surface area (TPSA) is 84.0 Å². The van der Waals surface area contributed by atoms with Gasteiger partial charge in [-0.3, -0.25) is 4.79 Å². The maximum atomic E-state index is 12.5. The number of amides is 1. The van der Waals surface area contributed by atoms with E-state index in [0.717, 1.165) is 6.07 Å². The van der Waals surface area contributed by atoms with Crippen LogP contribution in [-0.4, -0.2) is 62.8 Å². The van der Waals surface area contributed by atoms with E-state index in [1.807, 2.05) is 0 Å². The molecule has 1 amide bonds. The van der Waals surface area contributed by atoms with Crippen LogP contribution in [0.25, 0.3) is 0 Å². The molecule has 9 heteroatoms. The van der Waals surface area contributed by atoms with Crippen LogP contribution in [0.15, 0.2) is 23.1 Å². The summed E-state index contributed by atoms with van der Waals surface area (Å²) in [6.07, 6.45) is -1.02. The first-order valence-corrected chi connectivity index (χ1v) is 9.41. The molecule has 1 rings (SSSR count). The van der Waals surface area contributed by atoms with Crippen molar-refractivity contribution in [2.75, 3.05) is 21.1 Å². The van der Waals surface area contributed by atoms with Gasteiger partial charge in [0.25, 0.3) is 5.91 Å². The van der Waals surface area contributed by atoms with Gasteiger partial charge in [-0.2, -0.15) is 4.31 Å². The Morgan fingerprint density at radius 2 is 1.68 bits per heavy atom. The highest BCUT2D eigenvalue weighted by atomic mass is 35.5. The minimum Gasteiger partial charge on any atom is -0.449 e. The number of rotatable bonds is 6. The summed E-state index contributed by atoms with van der Waals surface area (Å²) in [6, 6.07) is 3.54. The second-order valence-electron chi connectivity index (χ2n) is 6.04. The summed E-state index contributed by atoms with van der Waals surface area (Å²) in [5.74, 6) is -1.26. The van der Waals surface area contributed by atoms with Crippen LogP contribution >= 0.6 is 11.6 Å². The van der Waals surface area contributed by atoms with Gasteiger partial charge in [-0.1, -0.05) is 11.6 Å². The number of esters is 1. The number of nitrogens with zero attached hydrogens (tertiary/aromatic N) is 2. The summed E-state index contributed by atoms with van der Waals surface area (Å²) in [7, 11) is 0.744. The predicted molar refractivity (Wildman–Crippen MR) is 95.1 cm³/mol. The molecular formula is C16H23ClN2O5S. The zero-order valence-electron chi connectivity index (χ0n) is 15.1. The van der Waals surface area contributed by atoms with Crippen LogP contribution in [0, 0.1) is 0 Å². The highest BCUT2D eigenvalue weighted by Gasteiger charge is 2.27. The van der Waals surface area contributed by atoms with E-state index >= 15 is 0 Å². The normalized spacial score (nSPS) is 13.0. The average Bonchev–Trinajstić information content (AvgIpc) is 2.52. The standard InChI is InChI=1S/C16H23ClN2O5S/c1-10(2)19(6)25(22,23)12-7-8-14(17)13(9-12)16(21)24-11(3)15(20)18(4)5/h7-11H,1-6H3/t11-/m1/s1. The van der Waals surface area contributed by atoms with Gasteiger partial charge >= 0.3 is 5.97 Å². The Hall–Kier alpha value is -1.64. The zero-order chi connectivity index (χ0) is 19.5. The molecule has 7 nitrogen and oxygen atoms in total. The summed E-state index contributed by atoms with van der Waals surface area (Å²) in [4.78, 5) is 25.3. The van der Waals surface area contributed by atoms with Crippen molar-refractivity contribution < 1.29 is 22.7 Å². The minimum atomic E-state index is -3.78. The number of carbonyl (C=O) groups excluding carboxylic acids is 2. The van der Waals surface area contributed by atoms with Gasteiger partial charge in [0.05, 0.1) is 15.5 Å². The van der Waals surface area contributed by atoms with Gasteiger partial charge in [0.15, 0.2) is 6.10 Å². The quantitative estimate of drug-likeness (QED) is 0.693. The van der Waals surface area contributed by atoms with Crippen LogP contribution in [0.5, 0.6) is 0 Å². The molecular weight excluding hydrogens is 368 g/mol. The summed E-state index contributed by atoms with van der Waals surface area (Å²) in [5, 5.41) is 0.0423. The monoisotopic (exact) mass is 390 g/mol. The molecule has 0 aliphatic rings. The Morgan fingerprint density at radius 1 is 1.12 bits per heavy atom. The number of carbonyl (C=O) groups is 2. The Bertz CT molecular complexity index is 762. The van der Waals surface area contributed by atoms with Crippen molar-refractivity contribution in [3.8, 4) is 0 Å². The number of halogens is 1. The van der Waals surface area contributed by atoms with Crippen LogP contribution in [-0.2, 0) is 19.6 Å². The highest BCUT2D eigenvalue weighted by molar-refractivity contribution is 7.89.